The molecule has 1 atom stereocenters. The van der Waals surface area contributed by atoms with E-state index in [1.807, 2.05) is 19.1 Å². The second-order valence-corrected chi connectivity index (χ2v) is 9.14. The van der Waals surface area contributed by atoms with Crippen LogP contribution in [0.5, 0.6) is 0 Å². The first kappa shape index (κ1) is 21.4. The van der Waals surface area contributed by atoms with Crippen molar-refractivity contribution in [3.8, 4) is 11.6 Å². The second-order valence-electron chi connectivity index (χ2n) is 7.83. The average Bonchev–Trinajstić information content (AvgIpc) is 3.44. The third-order valence-electron chi connectivity index (χ3n) is 5.49. The van der Waals surface area contributed by atoms with Crippen molar-refractivity contribution in [3.05, 3.63) is 48.2 Å². The lowest BCUT2D eigenvalue weighted by Gasteiger charge is -2.25. The minimum absolute atomic E-state index is 0.0112. The van der Waals surface area contributed by atoms with E-state index in [2.05, 4.69) is 20.1 Å². The Morgan fingerprint density at radius 1 is 1.13 bits per heavy atom. The van der Waals surface area contributed by atoms with Crippen molar-refractivity contribution >= 4 is 29.1 Å². The number of carbonyl (C=O) groups is 2. The van der Waals surface area contributed by atoms with Crippen LogP contribution in [-0.2, 0) is 4.79 Å². The molecule has 1 unspecified atom stereocenters. The summed E-state index contributed by atoms with van der Waals surface area (Å²) >= 11 is 1.43. The van der Waals surface area contributed by atoms with Crippen LogP contribution in [-0.4, -0.2) is 31.7 Å². The Bertz CT molecular complexity index is 1040. The Morgan fingerprint density at radius 2 is 1.87 bits per heavy atom. The number of nitrogens with zero attached hydrogens (tertiary/aromatic N) is 3. The van der Waals surface area contributed by atoms with Crippen molar-refractivity contribution < 1.29 is 14.0 Å². The van der Waals surface area contributed by atoms with Gasteiger partial charge in [-0.05, 0) is 56.2 Å². The zero-order valence-corrected chi connectivity index (χ0v) is 18.5. The molecule has 2 aromatic heterocycles. The van der Waals surface area contributed by atoms with E-state index >= 15 is 0 Å². The minimum Gasteiger partial charge on any atom is -0.461 e. The molecule has 4 rings (SSSR count). The van der Waals surface area contributed by atoms with Gasteiger partial charge in [0.05, 0.1) is 11.5 Å². The van der Waals surface area contributed by atoms with Crippen molar-refractivity contribution in [2.75, 3.05) is 5.32 Å². The van der Waals surface area contributed by atoms with Crippen LogP contribution < -0.4 is 5.32 Å². The van der Waals surface area contributed by atoms with E-state index in [0.29, 0.717) is 23.1 Å². The summed E-state index contributed by atoms with van der Waals surface area (Å²) in [5.74, 6) is 1.28. The fraction of sp³-hybridized carbons (Fsp3) is 0.391. The number of hydrogen-bond donors (Lipinski definition) is 1. The molecule has 0 aliphatic heterocycles. The van der Waals surface area contributed by atoms with Crippen LogP contribution >= 0.6 is 11.8 Å². The highest BCUT2D eigenvalue weighted by molar-refractivity contribution is 8.00. The van der Waals surface area contributed by atoms with Gasteiger partial charge in [-0.25, -0.2) is 0 Å². The number of nitrogens with one attached hydrogen (secondary N) is 1. The number of rotatable bonds is 7. The van der Waals surface area contributed by atoms with Crippen LogP contribution in [0.4, 0.5) is 5.69 Å². The lowest BCUT2D eigenvalue weighted by Crippen LogP contribution is -2.18. The van der Waals surface area contributed by atoms with Gasteiger partial charge in [0, 0.05) is 24.2 Å². The van der Waals surface area contributed by atoms with Gasteiger partial charge in [0.15, 0.2) is 16.7 Å². The molecule has 31 heavy (non-hydrogen) atoms. The van der Waals surface area contributed by atoms with E-state index in [0.717, 1.165) is 23.8 Å². The number of carbonyl (C=O) groups excluding carboxylic acids is 2. The summed E-state index contributed by atoms with van der Waals surface area (Å²) < 4.78 is 7.75. The van der Waals surface area contributed by atoms with Gasteiger partial charge in [-0.1, -0.05) is 31.0 Å². The number of thioether (sulfide) groups is 1. The Hall–Kier alpha value is -2.87. The summed E-state index contributed by atoms with van der Waals surface area (Å²) in [6, 6.07) is 11.0. The Labute approximate surface area is 185 Å². The summed E-state index contributed by atoms with van der Waals surface area (Å²) in [4.78, 5) is 24.2. The van der Waals surface area contributed by atoms with E-state index in [1.54, 1.807) is 30.5 Å². The number of aromatic nitrogens is 3. The van der Waals surface area contributed by atoms with Crippen LogP contribution in [0.25, 0.3) is 11.6 Å². The molecule has 8 heteroatoms. The van der Waals surface area contributed by atoms with E-state index in [-0.39, 0.29) is 16.9 Å². The van der Waals surface area contributed by atoms with Gasteiger partial charge >= 0.3 is 0 Å². The maximum absolute atomic E-state index is 13.0. The zero-order chi connectivity index (χ0) is 21.8. The quantitative estimate of drug-likeness (QED) is 0.394. The molecule has 0 bridgehead atoms. The van der Waals surface area contributed by atoms with Crippen LogP contribution in [0.1, 0.15) is 62.4 Å². The first-order valence-corrected chi connectivity index (χ1v) is 11.5. The molecular formula is C23H26N4O3S. The van der Waals surface area contributed by atoms with Crippen molar-refractivity contribution in [2.45, 2.75) is 62.4 Å². The van der Waals surface area contributed by atoms with Crippen molar-refractivity contribution in [3.63, 3.8) is 0 Å². The number of Topliss-reactive ketones (excluding diaryl/α,β-unsaturated/α-hetero) is 1. The van der Waals surface area contributed by atoms with Gasteiger partial charge < -0.3 is 9.73 Å². The van der Waals surface area contributed by atoms with Gasteiger partial charge in [-0.15, -0.1) is 10.2 Å². The first-order chi connectivity index (χ1) is 15.0. The third-order valence-corrected chi connectivity index (χ3v) is 6.54. The van der Waals surface area contributed by atoms with Crippen molar-refractivity contribution in [1.29, 1.82) is 0 Å². The average molecular weight is 439 g/mol. The predicted molar refractivity (Wildman–Crippen MR) is 120 cm³/mol. The van der Waals surface area contributed by atoms with Crippen molar-refractivity contribution in [1.82, 2.24) is 14.8 Å². The molecule has 2 heterocycles. The molecule has 0 spiro atoms. The monoisotopic (exact) mass is 438 g/mol. The van der Waals surface area contributed by atoms with E-state index < -0.39 is 0 Å². The van der Waals surface area contributed by atoms with Gasteiger partial charge in [0.1, 0.15) is 0 Å². The van der Waals surface area contributed by atoms with E-state index in [1.165, 1.54) is 37.9 Å². The topological polar surface area (TPSA) is 90.0 Å². The second kappa shape index (κ2) is 9.51. The van der Waals surface area contributed by atoms with Crippen LogP contribution in [0.15, 0.2) is 52.2 Å². The Morgan fingerprint density at radius 3 is 2.52 bits per heavy atom. The summed E-state index contributed by atoms with van der Waals surface area (Å²) in [7, 11) is 0. The predicted octanol–water partition coefficient (Wildman–Crippen LogP) is 5.37. The normalized spacial score (nSPS) is 15.5. The Kier molecular flexibility index (Phi) is 6.56. The third kappa shape index (κ3) is 4.90. The van der Waals surface area contributed by atoms with Crippen molar-refractivity contribution in [2.24, 2.45) is 0 Å². The van der Waals surface area contributed by atoms with Crippen LogP contribution in [0.2, 0.25) is 0 Å². The molecule has 7 nitrogen and oxygen atoms in total. The standard InChI is InChI=1S/C23H26N4O3S/c1-15(21(29)17-10-12-18(13-11-17)24-16(2)28)31-23-26-25-22(20-9-6-14-30-20)27(23)19-7-4-3-5-8-19/h6,9-15,19H,3-5,7-8H2,1-2H3,(H,24,28). The molecule has 0 radical (unpaired) electrons. The van der Waals surface area contributed by atoms with Crippen LogP contribution in [0.3, 0.4) is 0 Å². The molecule has 1 saturated carbocycles. The maximum Gasteiger partial charge on any atom is 0.221 e. The highest BCUT2D eigenvalue weighted by Gasteiger charge is 2.27. The van der Waals surface area contributed by atoms with Gasteiger partial charge in [0.25, 0.3) is 0 Å². The molecule has 1 aliphatic carbocycles. The zero-order valence-electron chi connectivity index (χ0n) is 17.7. The molecule has 1 amide bonds. The Balaban J connectivity index is 1.55. The number of benzene rings is 1. The van der Waals surface area contributed by atoms with E-state index in [4.69, 9.17) is 4.42 Å². The summed E-state index contributed by atoms with van der Waals surface area (Å²) in [5.41, 5.74) is 1.27. The smallest absolute Gasteiger partial charge is 0.221 e. The fourth-order valence-corrected chi connectivity index (χ4v) is 4.96. The number of hydrogen-bond acceptors (Lipinski definition) is 6. The number of anilines is 1. The van der Waals surface area contributed by atoms with Gasteiger partial charge in [-0.2, -0.15) is 0 Å². The molecule has 1 aromatic carbocycles. The number of furan rings is 1. The highest BCUT2D eigenvalue weighted by Crippen LogP contribution is 2.37. The molecule has 1 N–H and O–H groups in total. The maximum atomic E-state index is 13.0. The summed E-state index contributed by atoms with van der Waals surface area (Å²) in [6.07, 6.45) is 7.40. The van der Waals surface area contributed by atoms with Gasteiger partial charge in [0.2, 0.25) is 11.7 Å². The minimum atomic E-state index is -0.331. The fourth-order valence-electron chi connectivity index (χ4n) is 3.97. The molecule has 162 valence electrons. The van der Waals surface area contributed by atoms with Gasteiger partial charge in [-0.3, -0.25) is 14.2 Å². The highest BCUT2D eigenvalue weighted by atomic mass is 32.2. The lowest BCUT2D eigenvalue weighted by molar-refractivity contribution is -0.114. The summed E-state index contributed by atoms with van der Waals surface area (Å²) in [5, 5.41) is 12.0. The number of amides is 1. The molecule has 0 saturated heterocycles. The SMILES string of the molecule is CC(=O)Nc1ccc(C(=O)C(C)Sc2nnc(-c3ccco3)n2C2CCCCC2)cc1. The molecular weight excluding hydrogens is 412 g/mol. The lowest BCUT2D eigenvalue weighted by atomic mass is 9.95. The molecule has 1 aliphatic rings. The molecule has 1 fully saturated rings. The number of ketones is 1. The van der Waals surface area contributed by atoms with Crippen LogP contribution in [0, 0.1) is 0 Å². The first-order valence-electron chi connectivity index (χ1n) is 10.6. The largest absolute Gasteiger partial charge is 0.461 e. The summed E-state index contributed by atoms with van der Waals surface area (Å²) in [6.45, 7) is 3.35. The molecule has 3 aromatic rings. The van der Waals surface area contributed by atoms with E-state index in [9.17, 15) is 9.59 Å².